The first-order valence-corrected chi connectivity index (χ1v) is 15.9. The number of unbranched alkanes of at least 4 members (excludes halogenated alkanes) is 14. The summed E-state index contributed by atoms with van der Waals surface area (Å²) in [6.07, 6.45) is 18.3. The van der Waals surface area contributed by atoms with Crippen LogP contribution in [0.15, 0.2) is 0 Å². The summed E-state index contributed by atoms with van der Waals surface area (Å²) in [5.74, 6) is -2.34. The Labute approximate surface area is 190 Å². The van der Waals surface area contributed by atoms with E-state index < -0.39 is 23.3 Å². The van der Waals surface area contributed by atoms with E-state index in [-0.39, 0.29) is 6.42 Å². The van der Waals surface area contributed by atoms with Crippen LogP contribution in [-0.2, 0) is 27.3 Å². The van der Waals surface area contributed by atoms with Crippen LogP contribution in [0.1, 0.15) is 136 Å². The van der Waals surface area contributed by atoms with Crippen molar-refractivity contribution in [1.82, 2.24) is 0 Å². The second-order valence-electron chi connectivity index (χ2n) is 8.83. The van der Waals surface area contributed by atoms with E-state index in [9.17, 15) is 13.5 Å². The second-order valence-corrected chi connectivity index (χ2v) is 12.5. The summed E-state index contributed by atoms with van der Waals surface area (Å²) in [4.78, 5) is 0. The first-order chi connectivity index (χ1) is 14.4. The molecule has 0 heterocycles. The summed E-state index contributed by atoms with van der Waals surface area (Å²) in [6.45, 7) is 6.92. The number of aliphatic hydroxyl groups is 2. The Kier molecular flexibility index (Phi) is 20.2. The van der Waals surface area contributed by atoms with E-state index in [0.29, 0.717) is 17.8 Å². The summed E-state index contributed by atoms with van der Waals surface area (Å²) < 4.78 is 24.8. The number of hydrogen-bond acceptors (Lipinski definition) is 5. The van der Waals surface area contributed by atoms with Crippen LogP contribution < -0.4 is 0 Å². The number of rotatable bonds is 23. The molecule has 1 unspecified atom stereocenters. The minimum absolute atomic E-state index is 0.0861. The van der Waals surface area contributed by atoms with Crippen LogP contribution in [0.2, 0.25) is 4.73 Å². The molecule has 2 N–H and O–H groups in total. The van der Waals surface area contributed by atoms with Crippen molar-refractivity contribution in [1.29, 1.82) is 0 Å². The zero-order chi connectivity index (χ0) is 22.6. The molecule has 5 nitrogen and oxygen atoms in total. The molecule has 0 saturated carbocycles. The molecule has 0 amide bonds. The molecule has 0 rings (SSSR count). The van der Waals surface area contributed by atoms with Gasteiger partial charge in [-0.25, -0.2) is 0 Å². The second kappa shape index (κ2) is 20.0. The van der Waals surface area contributed by atoms with E-state index in [0.717, 1.165) is 64.2 Å². The first-order valence-electron chi connectivity index (χ1n) is 12.9. The molecule has 0 fully saturated rings. The summed E-state index contributed by atoms with van der Waals surface area (Å²) >= 11 is -4.44. The monoisotopic (exact) mass is 467 g/mol. The molecule has 0 aromatic heterocycles. The van der Waals surface area contributed by atoms with Crippen molar-refractivity contribution in [3.05, 3.63) is 0 Å². The van der Waals surface area contributed by atoms with Gasteiger partial charge in [0, 0.05) is 0 Å². The predicted molar refractivity (Wildman–Crippen MR) is 120 cm³/mol. The molecule has 0 aromatic rings. The molecule has 0 radical (unpaired) electrons. The van der Waals surface area contributed by atoms with Crippen molar-refractivity contribution in [3.8, 4) is 0 Å². The Morgan fingerprint density at radius 2 is 1.07 bits per heavy atom. The third kappa shape index (κ3) is 19.1. The van der Waals surface area contributed by atoms with Gasteiger partial charge in [-0.2, -0.15) is 0 Å². The van der Waals surface area contributed by atoms with Crippen molar-refractivity contribution in [3.63, 3.8) is 0 Å². The van der Waals surface area contributed by atoms with Gasteiger partial charge in [0.25, 0.3) is 0 Å². The van der Waals surface area contributed by atoms with Crippen molar-refractivity contribution < 1.29 is 37.5 Å². The average Bonchev–Trinajstić information content (AvgIpc) is 2.69. The quantitative estimate of drug-likeness (QED) is 0.0925. The van der Waals surface area contributed by atoms with Crippen molar-refractivity contribution in [2.24, 2.45) is 0 Å². The standard InChI is InChI=1S/C8H17O3.C8H17O.C8H17.O.Ti/c1-2-3-4-5-6-7-8(9,10)11;1-2-3-4-5-6-7-8-9;1-3-5-7-8-6-4-2;;/h9-10H,2-7H2,1H3;2-8H2,1H3;1,3-8H2,2H3;;/q2*-1;;;+2. The predicted octanol–water partition coefficient (Wildman–Crippen LogP) is 7.49. The van der Waals surface area contributed by atoms with Gasteiger partial charge in [-0.05, 0) is 0 Å². The molecule has 0 spiro atoms. The van der Waals surface area contributed by atoms with Gasteiger partial charge in [0.15, 0.2) is 0 Å². The van der Waals surface area contributed by atoms with Crippen molar-refractivity contribution in [2.75, 3.05) is 6.61 Å². The van der Waals surface area contributed by atoms with Crippen LogP contribution in [0.5, 0.6) is 0 Å². The molecule has 6 heteroatoms. The van der Waals surface area contributed by atoms with Gasteiger partial charge in [0.2, 0.25) is 0 Å². The molecular weight excluding hydrogens is 416 g/mol. The Morgan fingerprint density at radius 3 is 1.60 bits per heavy atom. The van der Waals surface area contributed by atoms with E-state index in [4.69, 9.17) is 6.64 Å². The van der Waals surface area contributed by atoms with Crippen LogP contribution in [-0.4, -0.2) is 22.8 Å². The molecule has 0 aliphatic carbocycles. The van der Waals surface area contributed by atoms with Gasteiger partial charge >= 0.3 is 191 Å². The SMILES string of the molecule is CCCCCCCC[O][Ti](=[O])([CH2]CCCCCCC)[O]C(O)(O)CCCCCCC. The normalized spacial score (nSPS) is 14.2. The molecule has 0 bridgehead atoms. The Hall–Kier alpha value is 0.354. The Balaban J connectivity index is 4.46. The fourth-order valence-corrected chi connectivity index (χ4v) is 6.84. The zero-order valence-corrected chi connectivity index (χ0v) is 21.8. The fraction of sp³-hybridized carbons (Fsp3) is 1.00. The summed E-state index contributed by atoms with van der Waals surface area (Å²) in [6, 6.07) is 0. The topological polar surface area (TPSA) is 76.0 Å². The molecule has 30 heavy (non-hydrogen) atoms. The molecule has 0 aliphatic heterocycles. The summed E-state index contributed by atoms with van der Waals surface area (Å²) in [7, 11) is 0. The van der Waals surface area contributed by atoms with E-state index in [1.165, 1.54) is 38.5 Å². The van der Waals surface area contributed by atoms with E-state index in [1.54, 1.807) is 0 Å². The third-order valence-electron chi connectivity index (χ3n) is 5.58. The van der Waals surface area contributed by atoms with Gasteiger partial charge in [0.1, 0.15) is 0 Å². The third-order valence-corrected chi connectivity index (χ3v) is 9.09. The first kappa shape index (κ1) is 30.4. The summed E-state index contributed by atoms with van der Waals surface area (Å²) in [5.41, 5.74) is 0. The van der Waals surface area contributed by atoms with E-state index >= 15 is 0 Å². The maximum atomic E-state index is 13.3. The van der Waals surface area contributed by atoms with Crippen molar-refractivity contribution >= 4 is 0 Å². The van der Waals surface area contributed by atoms with Crippen LogP contribution >= 0.6 is 0 Å². The number of hydrogen-bond donors (Lipinski definition) is 2. The van der Waals surface area contributed by atoms with Gasteiger partial charge in [0.05, 0.1) is 0 Å². The Bertz CT molecular complexity index is 414. The molecular formula is C24H51O5Ti. The fourth-order valence-electron chi connectivity index (χ4n) is 3.64. The molecule has 181 valence electrons. The maximum absolute atomic E-state index is 13.3. The molecule has 0 aliphatic rings. The minimum atomic E-state index is -4.44. The van der Waals surface area contributed by atoms with Gasteiger partial charge in [-0.1, -0.05) is 0 Å². The van der Waals surface area contributed by atoms with Crippen molar-refractivity contribution in [2.45, 2.75) is 147 Å². The van der Waals surface area contributed by atoms with Crippen LogP contribution in [0, 0.1) is 0 Å². The zero-order valence-electron chi connectivity index (χ0n) is 20.3. The van der Waals surface area contributed by atoms with Crippen LogP contribution in [0.4, 0.5) is 0 Å². The van der Waals surface area contributed by atoms with E-state index in [1.807, 2.05) is 0 Å². The molecule has 0 saturated heterocycles. The summed E-state index contributed by atoms with van der Waals surface area (Å²) in [5, 5.41) is 20.6. The van der Waals surface area contributed by atoms with Gasteiger partial charge < -0.3 is 0 Å². The Morgan fingerprint density at radius 1 is 0.633 bits per heavy atom. The average molecular weight is 468 g/mol. The van der Waals surface area contributed by atoms with Crippen LogP contribution in [0.25, 0.3) is 0 Å². The van der Waals surface area contributed by atoms with Crippen LogP contribution in [0.3, 0.4) is 0 Å². The van der Waals surface area contributed by atoms with Gasteiger partial charge in [-0.3, -0.25) is 0 Å². The molecule has 0 aromatic carbocycles. The molecule has 1 atom stereocenters. The van der Waals surface area contributed by atoms with Gasteiger partial charge in [-0.15, -0.1) is 0 Å². The van der Waals surface area contributed by atoms with E-state index in [2.05, 4.69) is 20.8 Å².